The van der Waals surface area contributed by atoms with Crippen molar-refractivity contribution in [3.05, 3.63) is 225 Å². The second-order valence-corrected chi connectivity index (χ2v) is 21.9. The van der Waals surface area contributed by atoms with E-state index >= 15 is 0 Å². The molecule has 3 aromatic heterocycles. The summed E-state index contributed by atoms with van der Waals surface area (Å²) in [5.74, 6) is 0.133. The molecule has 0 fully saturated rings. The van der Waals surface area contributed by atoms with Crippen LogP contribution in [-0.2, 0) is 24.7 Å². The van der Waals surface area contributed by atoms with Crippen molar-refractivity contribution in [2.45, 2.75) is 66.2 Å². The van der Waals surface area contributed by atoms with E-state index in [4.69, 9.17) is 9.97 Å². The summed E-state index contributed by atoms with van der Waals surface area (Å²) in [7, 11) is 0. The van der Waals surface area contributed by atoms with E-state index in [1.54, 1.807) is 166 Å². The van der Waals surface area contributed by atoms with Gasteiger partial charge in [0.2, 0.25) is 0 Å². The summed E-state index contributed by atoms with van der Waals surface area (Å²) in [4.78, 5) is 9.84. The van der Waals surface area contributed by atoms with Crippen molar-refractivity contribution in [2.24, 2.45) is 0 Å². The van der Waals surface area contributed by atoms with Crippen molar-refractivity contribution in [3.8, 4) is 73.3 Å². The zero-order chi connectivity index (χ0) is 61.3. The molecule has 12 rings (SSSR count). The Morgan fingerprint density at radius 1 is 0.326 bits per heavy atom. The zero-order valence-corrected chi connectivity index (χ0v) is 46.4. The molecule has 0 saturated heterocycles. The minimum Gasteiger partial charge on any atom is -0.308 e. The van der Waals surface area contributed by atoms with Gasteiger partial charge in [0.15, 0.2) is 5.82 Å². The molecule has 0 amide bonds. The van der Waals surface area contributed by atoms with Crippen LogP contribution in [0.1, 0.15) is 61.5 Å². The van der Waals surface area contributed by atoms with Crippen LogP contribution < -0.4 is 0 Å². The van der Waals surface area contributed by atoms with Crippen LogP contribution >= 0.6 is 0 Å². The highest BCUT2D eigenvalue weighted by atomic mass is 19.4. The maximum Gasteiger partial charge on any atom is 0.416 e. The lowest BCUT2D eigenvalue weighted by molar-refractivity contribution is -0.138. The first-order valence-electron chi connectivity index (χ1n) is 26.8. The first-order valence-corrected chi connectivity index (χ1v) is 26.8. The number of hydrogen-bond acceptors (Lipinski definition) is 3. The fraction of sp³-hybridized carbons (Fsp3) is 0.145. The SMILES string of the molecule is Cc1cc(-c2ccc3c4ccc(-c5cc(C)cc(C(F)(F)F)c5)cc4n(-c4cc(-c5nc(C)cc(C)n5)c(-n5c6cc(-c7cc(C)cc(C(F)(F)F)c7)ccc6c6ccc(-c7cc(C)cc(C(F)(F)F)c7)cc65)cc4C#N)c3c2)cc(C(F)(F)F)c1. The summed E-state index contributed by atoms with van der Waals surface area (Å²) in [5.41, 5.74) is 3.52. The molecule has 0 N–H and O–H groups in total. The van der Waals surface area contributed by atoms with Gasteiger partial charge < -0.3 is 9.13 Å². The van der Waals surface area contributed by atoms with Gasteiger partial charge in [0.25, 0.3) is 0 Å². The number of nitriles is 1. The molecule has 86 heavy (non-hydrogen) atoms. The van der Waals surface area contributed by atoms with Crippen molar-refractivity contribution in [2.75, 3.05) is 0 Å². The number of halogens is 12. The molecule has 0 aliphatic rings. The highest BCUT2D eigenvalue weighted by Gasteiger charge is 2.35. The summed E-state index contributed by atoms with van der Waals surface area (Å²) in [6.07, 6.45) is -18.8. The summed E-state index contributed by atoms with van der Waals surface area (Å²) >= 11 is 0. The minimum atomic E-state index is -4.69. The third-order valence-electron chi connectivity index (χ3n) is 15.4. The van der Waals surface area contributed by atoms with Crippen LogP contribution in [-0.4, -0.2) is 19.1 Å². The van der Waals surface area contributed by atoms with E-state index in [1.807, 2.05) is 0 Å². The number of alkyl halides is 12. The van der Waals surface area contributed by atoms with Gasteiger partial charge in [-0.1, -0.05) is 72.8 Å². The first kappa shape index (κ1) is 56.8. The van der Waals surface area contributed by atoms with Crippen molar-refractivity contribution < 1.29 is 52.7 Å². The fourth-order valence-electron chi connectivity index (χ4n) is 11.8. The van der Waals surface area contributed by atoms with E-state index in [9.17, 15) is 57.9 Å². The quantitative estimate of drug-likeness (QED) is 0.149. The lowest BCUT2D eigenvalue weighted by Gasteiger charge is -2.19. The van der Waals surface area contributed by atoms with E-state index in [1.165, 1.54) is 0 Å². The van der Waals surface area contributed by atoms with E-state index in [2.05, 4.69) is 6.07 Å². The van der Waals surface area contributed by atoms with Crippen molar-refractivity contribution in [3.63, 3.8) is 0 Å². The van der Waals surface area contributed by atoms with Gasteiger partial charge in [-0.15, -0.1) is 0 Å². The highest BCUT2D eigenvalue weighted by Crippen LogP contribution is 2.46. The van der Waals surface area contributed by atoms with Gasteiger partial charge in [-0.05, 0) is 199 Å². The van der Waals surface area contributed by atoms with E-state index in [0.717, 1.165) is 48.5 Å². The lowest BCUT2D eigenvalue weighted by Crippen LogP contribution is -2.07. The van der Waals surface area contributed by atoms with Crippen LogP contribution in [0.15, 0.2) is 164 Å². The second kappa shape index (κ2) is 20.2. The van der Waals surface area contributed by atoms with Crippen LogP contribution in [0.2, 0.25) is 0 Å². The van der Waals surface area contributed by atoms with Gasteiger partial charge in [-0.25, -0.2) is 9.97 Å². The molecule has 0 unspecified atom stereocenters. The fourth-order valence-corrected chi connectivity index (χ4v) is 11.8. The molecular formula is C69H45F12N5. The topological polar surface area (TPSA) is 59.4 Å². The van der Waals surface area contributed by atoms with Crippen molar-refractivity contribution in [1.29, 1.82) is 5.26 Å². The molecule has 0 radical (unpaired) electrons. The Hall–Kier alpha value is -9.69. The number of aromatic nitrogens is 4. The van der Waals surface area contributed by atoms with Crippen LogP contribution in [0.25, 0.3) is 111 Å². The molecular weight excluding hydrogens is 1130 g/mol. The summed E-state index contributed by atoms with van der Waals surface area (Å²) < 4.78 is 176. The Labute approximate surface area is 483 Å². The molecule has 5 nitrogen and oxygen atoms in total. The number of benzene rings is 9. The predicted octanol–water partition coefficient (Wildman–Crippen LogP) is 20.8. The molecule has 430 valence electrons. The predicted molar refractivity (Wildman–Crippen MR) is 311 cm³/mol. The summed E-state index contributed by atoms with van der Waals surface area (Å²) in [6, 6.07) is 42.4. The van der Waals surface area contributed by atoms with Crippen molar-refractivity contribution in [1.82, 2.24) is 19.1 Å². The summed E-state index contributed by atoms with van der Waals surface area (Å²) in [6.45, 7) is 9.67. The molecule has 0 atom stereocenters. The smallest absolute Gasteiger partial charge is 0.308 e. The number of nitrogens with zero attached hydrogens (tertiary/aromatic N) is 5. The Balaban J connectivity index is 1.21. The molecule has 9 aromatic carbocycles. The summed E-state index contributed by atoms with van der Waals surface area (Å²) in [5, 5.41) is 13.9. The normalized spacial score (nSPS) is 12.5. The number of aryl methyl sites for hydroxylation is 6. The van der Waals surface area contributed by atoms with E-state index < -0.39 is 47.0 Å². The maximum atomic E-state index is 14.4. The molecule has 0 saturated carbocycles. The molecule has 0 aliphatic carbocycles. The monoisotopic (exact) mass is 1170 g/mol. The number of fused-ring (bicyclic) bond motifs is 6. The molecule has 3 heterocycles. The van der Waals surface area contributed by atoms with Crippen molar-refractivity contribution >= 4 is 43.6 Å². The van der Waals surface area contributed by atoms with Gasteiger partial charge in [0.05, 0.1) is 61.3 Å². The molecule has 0 spiro atoms. The highest BCUT2D eigenvalue weighted by molar-refractivity contribution is 6.13. The van der Waals surface area contributed by atoms with E-state index in [-0.39, 0.29) is 50.6 Å². The minimum absolute atomic E-state index is 0.0168. The van der Waals surface area contributed by atoms with Crippen LogP contribution in [0.4, 0.5) is 52.7 Å². The third-order valence-corrected chi connectivity index (χ3v) is 15.4. The van der Waals surface area contributed by atoms with Gasteiger partial charge in [-0.3, -0.25) is 0 Å². The van der Waals surface area contributed by atoms with Gasteiger partial charge in [-0.2, -0.15) is 57.9 Å². The molecule has 12 aromatic rings. The Kier molecular flexibility index (Phi) is 13.4. The Morgan fingerprint density at radius 3 is 0.895 bits per heavy atom. The average Bonchev–Trinajstić information content (AvgIpc) is 1.59. The zero-order valence-electron chi connectivity index (χ0n) is 46.4. The number of hydrogen-bond donors (Lipinski definition) is 0. The first-order chi connectivity index (χ1) is 40.5. The second-order valence-electron chi connectivity index (χ2n) is 21.9. The van der Waals surface area contributed by atoms with Crippen LogP contribution in [0.3, 0.4) is 0 Å². The molecule has 0 bridgehead atoms. The Morgan fingerprint density at radius 2 is 0.616 bits per heavy atom. The van der Waals surface area contributed by atoms with Gasteiger partial charge in [0, 0.05) is 38.5 Å². The standard InChI is InChI=1S/C69H45F12N5/c1-35-15-45(24-50(19-35)66(70,71)72)41-7-11-54-55-12-8-42(46-16-36(2)20-51(25-46)67(73,74)75)29-61(55)85(60(54)28-41)59-33-58(65-83-39(5)23-40(6)84-65)64(32-49(59)34-82)86-62-30-43(47-17-37(3)21-52(26-47)68(76,77)78)9-13-56(62)57-14-10-44(31-63(57)86)48-18-38(4)22-53(27-48)69(79,80)81/h7-33H,1-6H3. The number of rotatable bonds is 7. The van der Waals surface area contributed by atoms with Gasteiger partial charge in [0.1, 0.15) is 6.07 Å². The Bertz CT molecular complexity index is 4590. The molecule has 17 heteroatoms. The van der Waals surface area contributed by atoms with Gasteiger partial charge >= 0.3 is 24.7 Å². The van der Waals surface area contributed by atoms with E-state index in [0.29, 0.717) is 99.5 Å². The van der Waals surface area contributed by atoms with Crippen LogP contribution in [0, 0.1) is 52.9 Å². The third kappa shape index (κ3) is 10.4. The largest absolute Gasteiger partial charge is 0.416 e. The maximum absolute atomic E-state index is 14.4. The molecule has 0 aliphatic heterocycles. The average molecular weight is 1170 g/mol. The van der Waals surface area contributed by atoms with Crippen LogP contribution in [0.5, 0.6) is 0 Å². The lowest BCUT2D eigenvalue weighted by atomic mass is 9.98.